The van der Waals surface area contributed by atoms with Gasteiger partial charge in [0.25, 0.3) is 0 Å². The minimum atomic E-state index is -0.362. The summed E-state index contributed by atoms with van der Waals surface area (Å²) in [4.78, 5) is 23.3. The minimum absolute atomic E-state index is 0.362. The Morgan fingerprint density at radius 3 is 1.28 bits per heavy atom. The molecule has 0 fully saturated rings. The molecular weight excluding hydrogens is 408 g/mol. The van der Waals surface area contributed by atoms with Gasteiger partial charge in [-0.05, 0) is 52.6 Å². The maximum absolute atomic E-state index is 11.7. The van der Waals surface area contributed by atoms with E-state index in [9.17, 15) is 9.59 Å². The zero-order chi connectivity index (χ0) is 23.1. The molecule has 3 aromatic rings. The van der Waals surface area contributed by atoms with Gasteiger partial charge in [0.2, 0.25) is 0 Å². The second-order valence-corrected chi connectivity index (χ2v) is 7.21. The third-order valence-electron chi connectivity index (χ3n) is 5.22. The summed E-state index contributed by atoms with van der Waals surface area (Å²) in [6.07, 6.45) is 1.26. The third kappa shape index (κ3) is 5.27. The number of benzene rings is 3. The highest BCUT2D eigenvalue weighted by Crippen LogP contribution is 2.32. The molecule has 0 amide bonds. The van der Waals surface area contributed by atoms with Gasteiger partial charge in [-0.15, -0.1) is 0 Å². The highest BCUT2D eigenvalue weighted by atomic mass is 16.5. The van der Waals surface area contributed by atoms with E-state index < -0.39 is 0 Å². The summed E-state index contributed by atoms with van der Waals surface area (Å²) in [7, 11) is 5.99. The first-order valence-electron chi connectivity index (χ1n) is 10.1. The normalized spacial score (nSPS) is 10.4. The van der Waals surface area contributed by atoms with Crippen molar-refractivity contribution in [2.75, 3.05) is 28.4 Å². The van der Waals surface area contributed by atoms with E-state index in [-0.39, 0.29) is 11.9 Å². The molecule has 166 valence electrons. The second-order valence-electron chi connectivity index (χ2n) is 7.21. The van der Waals surface area contributed by atoms with Crippen LogP contribution in [0.3, 0.4) is 0 Å². The van der Waals surface area contributed by atoms with Gasteiger partial charge in [0.1, 0.15) is 11.5 Å². The second kappa shape index (κ2) is 10.5. The molecule has 0 aromatic heterocycles. The van der Waals surface area contributed by atoms with Crippen LogP contribution in [0.15, 0.2) is 60.7 Å². The number of carbonyl (C=O) groups is 2. The van der Waals surface area contributed by atoms with Gasteiger partial charge in [-0.1, -0.05) is 24.3 Å². The van der Waals surface area contributed by atoms with Crippen molar-refractivity contribution in [1.29, 1.82) is 0 Å². The summed E-state index contributed by atoms with van der Waals surface area (Å²) < 4.78 is 20.7. The van der Waals surface area contributed by atoms with Crippen molar-refractivity contribution < 1.29 is 28.5 Å². The number of methoxy groups -OCH3 is 4. The maximum atomic E-state index is 11.7. The molecule has 6 nitrogen and oxygen atoms in total. The molecule has 32 heavy (non-hydrogen) atoms. The number of hydrogen-bond donors (Lipinski definition) is 0. The fourth-order valence-electron chi connectivity index (χ4n) is 3.51. The first kappa shape index (κ1) is 22.9. The predicted octanol–water partition coefficient (Wildman–Crippen LogP) is 4.46. The first-order valence-corrected chi connectivity index (χ1v) is 10.1. The fourth-order valence-corrected chi connectivity index (χ4v) is 3.51. The fraction of sp³-hybridized carbons (Fsp3) is 0.231. The standard InChI is InChI=1S/C26H26O6/c1-29-23-16-24(30-2)22(14-18-7-11-20(12-8-18)26(28)32-4)15-21(23)13-17-5-9-19(10-6-17)25(27)31-3/h5-12,15-16H,13-14H2,1-4H3. The summed E-state index contributed by atoms with van der Waals surface area (Å²) in [5.74, 6) is 0.727. The molecular formula is C26H26O6. The van der Waals surface area contributed by atoms with Crippen LogP contribution in [0.1, 0.15) is 43.0 Å². The van der Waals surface area contributed by atoms with Gasteiger partial charge in [-0.3, -0.25) is 0 Å². The van der Waals surface area contributed by atoms with Crippen LogP contribution in [0.5, 0.6) is 11.5 Å². The van der Waals surface area contributed by atoms with E-state index in [1.165, 1.54) is 14.2 Å². The van der Waals surface area contributed by atoms with Crippen LogP contribution in [-0.2, 0) is 22.3 Å². The van der Waals surface area contributed by atoms with E-state index in [4.69, 9.17) is 18.9 Å². The van der Waals surface area contributed by atoms with E-state index in [1.807, 2.05) is 30.3 Å². The monoisotopic (exact) mass is 434 g/mol. The van der Waals surface area contributed by atoms with E-state index >= 15 is 0 Å². The lowest BCUT2D eigenvalue weighted by molar-refractivity contribution is 0.0592. The molecule has 3 rings (SSSR count). The molecule has 0 spiro atoms. The highest BCUT2D eigenvalue weighted by molar-refractivity contribution is 5.89. The zero-order valence-corrected chi connectivity index (χ0v) is 18.6. The van der Waals surface area contributed by atoms with Gasteiger partial charge < -0.3 is 18.9 Å². The molecule has 0 bridgehead atoms. The summed E-state index contributed by atoms with van der Waals surface area (Å²) in [5.41, 5.74) is 5.09. The van der Waals surface area contributed by atoms with Crippen molar-refractivity contribution in [2.24, 2.45) is 0 Å². The van der Waals surface area contributed by atoms with Crippen molar-refractivity contribution >= 4 is 11.9 Å². The summed E-state index contributed by atoms with van der Waals surface area (Å²) in [6.45, 7) is 0. The van der Waals surface area contributed by atoms with Crippen molar-refractivity contribution in [1.82, 2.24) is 0 Å². The molecule has 0 aliphatic rings. The molecule has 6 heteroatoms. The summed E-state index contributed by atoms with van der Waals surface area (Å²) >= 11 is 0. The van der Waals surface area contributed by atoms with E-state index in [1.54, 1.807) is 38.5 Å². The third-order valence-corrected chi connectivity index (χ3v) is 5.22. The van der Waals surface area contributed by atoms with Crippen molar-refractivity contribution in [3.63, 3.8) is 0 Å². The van der Waals surface area contributed by atoms with Crippen LogP contribution < -0.4 is 9.47 Å². The topological polar surface area (TPSA) is 71.1 Å². The molecule has 0 saturated carbocycles. The number of rotatable bonds is 8. The average molecular weight is 434 g/mol. The average Bonchev–Trinajstić information content (AvgIpc) is 2.84. The Balaban J connectivity index is 1.88. The predicted molar refractivity (Wildman–Crippen MR) is 121 cm³/mol. The lowest BCUT2D eigenvalue weighted by atomic mass is 9.96. The van der Waals surface area contributed by atoms with Crippen LogP contribution in [-0.4, -0.2) is 40.4 Å². The molecule has 0 aliphatic carbocycles. The van der Waals surface area contributed by atoms with Gasteiger partial charge >= 0.3 is 11.9 Å². The Morgan fingerprint density at radius 1 is 0.594 bits per heavy atom. The van der Waals surface area contributed by atoms with Gasteiger partial charge in [0.05, 0.1) is 39.6 Å². The van der Waals surface area contributed by atoms with Crippen LogP contribution in [0, 0.1) is 0 Å². The van der Waals surface area contributed by atoms with Gasteiger partial charge in [-0.2, -0.15) is 0 Å². The Morgan fingerprint density at radius 2 is 0.969 bits per heavy atom. The Labute approximate surface area is 187 Å². The summed E-state index contributed by atoms with van der Waals surface area (Å²) in [5, 5.41) is 0. The highest BCUT2D eigenvalue weighted by Gasteiger charge is 2.14. The Bertz CT molecular complexity index is 1000. The van der Waals surface area contributed by atoms with Crippen LogP contribution in [0.2, 0.25) is 0 Å². The van der Waals surface area contributed by atoms with Gasteiger partial charge in [0, 0.05) is 18.9 Å². The lowest BCUT2D eigenvalue weighted by Crippen LogP contribution is -2.03. The molecule has 0 heterocycles. The van der Waals surface area contributed by atoms with Crippen molar-refractivity contribution in [3.05, 3.63) is 94.0 Å². The van der Waals surface area contributed by atoms with Crippen LogP contribution >= 0.6 is 0 Å². The number of ether oxygens (including phenoxy) is 4. The molecule has 0 unspecified atom stereocenters. The van der Waals surface area contributed by atoms with Crippen molar-refractivity contribution in [2.45, 2.75) is 12.8 Å². The SMILES string of the molecule is COC(=O)c1ccc(Cc2cc(Cc3ccc(C(=O)OC)cc3)c(OC)cc2OC)cc1. The zero-order valence-electron chi connectivity index (χ0n) is 18.6. The Hall–Kier alpha value is -3.80. The number of hydrogen-bond acceptors (Lipinski definition) is 6. The van der Waals surface area contributed by atoms with Crippen molar-refractivity contribution in [3.8, 4) is 11.5 Å². The molecule has 0 atom stereocenters. The number of esters is 2. The van der Waals surface area contributed by atoms with E-state index in [0.29, 0.717) is 24.0 Å². The minimum Gasteiger partial charge on any atom is -0.496 e. The van der Waals surface area contributed by atoms with Crippen LogP contribution in [0.4, 0.5) is 0 Å². The molecule has 0 radical (unpaired) electrons. The first-order chi connectivity index (χ1) is 15.5. The van der Waals surface area contributed by atoms with E-state index in [2.05, 4.69) is 6.07 Å². The van der Waals surface area contributed by atoms with Crippen LogP contribution in [0.25, 0.3) is 0 Å². The largest absolute Gasteiger partial charge is 0.496 e. The maximum Gasteiger partial charge on any atom is 0.337 e. The quantitative estimate of drug-likeness (QED) is 0.488. The smallest absolute Gasteiger partial charge is 0.337 e. The number of carbonyl (C=O) groups excluding carboxylic acids is 2. The lowest BCUT2D eigenvalue weighted by Gasteiger charge is -2.16. The molecule has 3 aromatic carbocycles. The molecule has 0 aliphatic heterocycles. The van der Waals surface area contributed by atoms with Gasteiger partial charge in [0.15, 0.2) is 0 Å². The molecule has 0 N–H and O–H groups in total. The molecule has 0 saturated heterocycles. The van der Waals surface area contributed by atoms with E-state index in [0.717, 1.165) is 33.8 Å². The Kier molecular flexibility index (Phi) is 7.49. The summed E-state index contributed by atoms with van der Waals surface area (Å²) in [6, 6.07) is 18.6. The van der Waals surface area contributed by atoms with Gasteiger partial charge in [-0.25, -0.2) is 9.59 Å².